The smallest absolute Gasteiger partial charge is 0.241 e. The van der Waals surface area contributed by atoms with Gasteiger partial charge < -0.3 is 5.73 Å². The number of hydrogen-bond donors (Lipinski definition) is 1. The van der Waals surface area contributed by atoms with Crippen LogP contribution < -0.4 is 5.73 Å². The van der Waals surface area contributed by atoms with E-state index in [1.54, 1.807) is 0 Å². The van der Waals surface area contributed by atoms with Gasteiger partial charge in [-0.2, -0.15) is 0 Å². The monoisotopic (exact) mass is 177 g/mol. The molecule has 1 fully saturated rings. The lowest BCUT2D eigenvalue weighted by molar-refractivity contribution is 0.0444. The second-order valence-corrected chi connectivity index (χ2v) is 3.87. The van der Waals surface area contributed by atoms with E-state index in [0.29, 0.717) is 18.8 Å². The topological polar surface area (TPSA) is 26.0 Å². The van der Waals surface area contributed by atoms with Crippen LogP contribution in [0.15, 0.2) is 0 Å². The molecule has 0 radical (unpaired) electrons. The maximum absolute atomic E-state index is 12.2. The Labute approximate surface area is 72.3 Å². The lowest BCUT2D eigenvalue weighted by atomic mass is 9.79. The average molecular weight is 177 g/mol. The van der Waals surface area contributed by atoms with Gasteiger partial charge in [0, 0.05) is 12.0 Å². The fourth-order valence-corrected chi connectivity index (χ4v) is 1.92. The lowest BCUT2D eigenvalue weighted by Crippen LogP contribution is -2.31. The normalized spacial score (nSPS) is 33.8. The Bertz CT molecular complexity index is 112. The predicted octanol–water partition coefficient (Wildman–Crippen LogP) is 2.41. The van der Waals surface area contributed by atoms with E-state index in [1.165, 1.54) is 0 Å². The number of rotatable bonds is 2. The summed E-state index contributed by atoms with van der Waals surface area (Å²) in [4.78, 5) is 0. The van der Waals surface area contributed by atoms with Crippen LogP contribution in [0.25, 0.3) is 0 Å². The van der Waals surface area contributed by atoms with Gasteiger partial charge in [0.2, 0.25) is 6.43 Å². The molecule has 0 aromatic heterocycles. The van der Waals surface area contributed by atoms with E-state index < -0.39 is 6.43 Å². The minimum atomic E-state index is -2.13. The Balaban J connectivity index is 2.30. The van der Waals surface area contributed by atoms with E-state index in [4.69, 9.17) is 5.73 Å². The van der Waals surface area contributed by atoms with Crippen LogP contribution in [0.2, 0.25) is 0 Å². The zero-order valence-corrected chi connectivity index (χ0v) is 7.47. The minimum absolute atomic E-state index is 0.170. The molecule has 1 aliphatic carbocycles. The van der Waals surface area contributed by atoms with Crippen molar-refractivity contribution < 1.29 is 8.78 Å². The summed E-state index contributed by atoms with van der Waals surface area (Å²) in [5.74, 6) is 0.111. The molecular weight excluding hydrogens is 160 g/mol. The van der Waals surface area contributed by atoms with Crippen LogP contribution >= 0.6 is 0 Å². The van der Waals surface area contributed by atoms with Gasteiger partial charge >= 0.3 is 0 Å². The first kappa shape index (κ1) is 9.90. The van der Waals surface area contributed by atoms with Gasteiger partial charge in [-0.1, -0.05) is 0 Å². The zero-order valence-electron chi connectivity index (χ0n) is 7.47. The Kier molecular flexibility index (Phi) is 3.44. The molecule has 12 heavy (non-hydrogen) atoms. The second-order valence-electron chi connectivity index (χ2n) is 3.87. The highest BCUT2D eigenvalue weighted by atomic mass is 19.3. The summed E-state index contributed by atoms with van der Waals surface area (Å²) in [5.41, 5.74) is 5.70. The lowest BCUT2D eigenvalue weighted by Gasteiger charge is -2.30. The molecule has 3 heteroatoms. The zero-order chi connectivity index (χ0) is 9.14. The first-order valence-corrected chi connectivity index (χ1v) is 4.65. The van der Waals surface area contributed by atoms with Crippen molar-refractivity contribution >= 4 is 0 Å². The van der Waals surface area contributed by atoms with Crippen molar-refractivity contribution in [1.29, 1.82) is 0 Å². The van der Waals surface area contributed by atoms with Crippen LogP contribution in [0.1, 0.15) is 32.6 Å². The van der Waals surface area contributed by atoms with Crippen LogP contribution in [-0.2, 0) is 0 Å². The van der Waals surface area contributed by atoms with Crippen LogP contribution in [0.5, 0.6) is 0 Å². The summed E-state index contributed by atoms with van der Waals surface area (Å²) in [7, 11) is 0. The molecule has 0 heterocycles. The molecular formula is C9H17F2N. The fourth-order valence-electron chi connectivity index (χ4n) is 1.92. The molecule has 1 nitrogen and oxygen atoms in total. The van der Waals surface area contributed by atoms with E-state index in [0.717, 1.165) is 12.8 Å². The molecule has 1 atom stereocenters. The minimum Gasteiger partial charge on any atom is -0.328 e. The summed E-state index contributed by atoms with van der Waals surface area (Å²) in [6, 6.07) is 0.170. The predicted molar refractivity (Wildman–Crippen MR) is 45.1 cm³/mol. The third-order valence-corrected chi connectivity index (χ3v) is 2.92. The number of hydrogen-bond acceptors (Lipinski definition) is 1. The van der Waals surface area contributed by atoms with Crippen molar-refractivity contribution in [3.63, 3.8) is 0 Å². The standard InChI is InChI=1S/C9H17F2N/c1-6(12)7-2-4-8(5-3-7)9(10)11/h6-9H,2-5,12H2,1H3/t6-,7?,8?/m0/s1. The third-order valence-electron chi connectivity index (χ3n) is 2.92. The molecule has 1 aliphatic rings. The summed E-state index contributed by atoms with van der Waals surface area (Å²) in [6.07, 6.45) is 0.951. The van der Waals surface area contributed by atoms with Crippen LogP contribution in [0, 0.1) is 11.8 Å². The molecule has 2 N–H and O–H groups in total. The molecule has 1 saturated carbocycles. The SMILES string of the molecule is C[C@H](N)C1CCC(C(F)F)CC1. The van der Waals surface area contributed by atoms with Gasteiger partial charge in [-0.3, -0.25) is 0 Å². The summed E-state index contributed by atoms with van der Waals surface area (Å²) >= 11 is 0. The first-order valence-electron chi connectivity index (χ1n) is 4.65. The highest BCUT2D eigenvalue weighted by Gasteiger charge is 2.28. The molecule has 0 unspecified atom stereocenters. The molecule has 0 aromatic rings. The van der Waals surface area contributed by atoms with Crippen molar-refractivity contribution in [1.82, 2.24) is 0 Å². The van der Waals surface area contributed by atoms with Crippen LogP contribution in [0.4, 0.5) is 8.78 Å². The Morgan fingerprint density at radius 1 is 1.08 bits per heavy atom. The Hall–Kier alpha value is -0.180. The van der Waals surface area contributed by atoms with Gasteiger partial charge in [0.25, 0.3) is 0 Å². The van der Waals surface area contributed by atoms with Crippen molar-refractivity contribution in [3.8, 4) is 0 Å². The number of halogens is 2. The maximum Gasteiger partial charge on any atom is 0.241 e. The van der Waals surface area contributed by atoms with Gasteiger partial charge in [0.1, 0.15) is 0 Å². The quantitative estimate of drug-likeness (QED) is 0.688. The van der Waals surface area contributed by atoms with Gasteiger partial charge in [-0.05, 0) is 38.5 Å². The van der Waals surface area contributed by atoms with E-state index >= 15 is 0 Å². The summed E-state index contributed by atoms with van der Waals surface area (Å²) < 4.78 is 24.4. The van der Waals surface area contributed by atoms with Crippen molar-refractivity contribution in [2.24, 2.45) is 17.6 Å². The molecule has 72 valence electrons. The summed E-state index contributed by atoms with van der Waals surface area (Å²) in [5, 5.41) is 0. The van der Waals surface area contributed by atoms with Crippen molar-refractivity contribution in [2.45, 2.75) is 45.1 Å². The van der Waals surface area contributed by atoms with Gasteiger partial charge in [0.05, 0.1) is 0 Å². The molecule has 0 amide bonds. The van der Waals surface area contributed by atoms with Crippen molar-refractivity contribution in [3.05, 3.63) is 0 Å². The van der Waals surface area contributed by atoms with Gasteiger partial charge in [0.15, 0.2) is 0 Å². The number of alkyl halides is 2. The first-order chi connectivity index (χ1) is 5.61. The van der Waals surface area contributed by atoms with E-state index in [-0.39, 0.29) is 12.0 Å². The Morgan fingerprint density at radius 3 is 1.83 bits per heavy atom. The fraction of sp³-hybridized carbons (Fsp3) is 1.00. The van der Waals surface area contributed by atoms with Crippen LogP contribution in [-0.4, -0.2) is 12.5 Å². The molecule has 0 aromatic carbocycles. The molecule has 0 spiro atoms. The highest BCUT2D eigenvalue weighted by molar-refractivity contribution is 4.78. The molecule has 0 saturated heterocycles. The van der Waals surface area contributed by atoms with E-state index in [1.807, 2.05) is 6.92 Å². The largest absolute Gasteiger partial charge is 0.328 e. The summed E-state index contributed by atoms with van der Waals surface area (Å²) in [6.45, 7) is 1.97. The molecule has 0 aliphatic heterocycles. The molecule has 1 rings (SSSR count). The van der Waals surface area contributed by atoms with Crippen LogP contribution in [0.3, 0.4) is 0 Å². The maximum atomic E-state index is 12.2. The second kappa shape index (κ2) is 4.17. The van der Waals surface area contributed by atoms with Crippen molar-refractivity contribution in [2.75, 3.05) is 0 Å². The van der Waals surface area contributed by atoms with Gasteiger partial charge in [-0.25, -0.2) is 8.78 Å². The van der Waals surface area contributed by atoms with E-state index in [2.05, 4.69) is 0 Å². The van der Waals surface area contributed by atoms with E-state index in [9.17, 15) is 8.78 Å². The van der Waals surface area contributed by atoms with Gasteiger partial charge in [-0.15, -0.1) is 0 Å². The Morgan fingerprint density at radius 2 is 1.50 bits per heavy atom. The number of nitrogens with two attached hydrogens (primary N) is 1. The highest BCUT2D eigenvalue weighted by Crippen LogP contribution is 2.33. The average Bonchev–Trinajstić information content (AvgIpc) is 2.04. The third kappa shape index (κ3) is 2.41. The molecule has 0 bridgehead atoms.